The van der Waals surface area contributed by atoms with Gasteiger partial charge in [-0.05, 0) is 0 Å². The van der Waals surface area contributed by atoms with Crippen molar-refractivity contribution in [2.45, 2.75) is 6.04 Å². The fourth-order valence-corrected chi connectivity index (χ4v) is 0.234. The zero-order chi connectivity index (χ0) is 5.86. The molecule has 0 aromatic carbocycles. The van der Waals surface area contributed by atoms with Crippen molar-refractivity contribution >= 4 is 18.6 Å². The molecular weight excluding hydrogens is 194 g/mol. The lowest BCUT2D eigenvalue weighted by Crippen LogP contribution is -2.31. The number of rotatable bonds is 2. The van der Waals surface area contributed by atoms with Crippen molar-refractivity contribution < 1.29 is 37.3 Å². The smallest absolute Gasteiger partial charge is 0.321 e. The second kappa shape index (κ2) is 22.4. The first-order valence-electron chi connectivity index (χ1n) is 1.77. The van der Waals surface area contributed by atoms with Gasteiger partial charge in [0.25, 0.3) is 0 Å². The van der Waals surface area contributed by atoms with Gasteiger partial charge >= 0.3 is 5.97 Å². The maximum Gasteiger partial charge on any atom is 0.321 e. The molecule has 0 aliphatic carbocycles. The molecule has 1 atom stereocenters. The van der Waals surface area contributed by atoms with Gasteiger partial charge < -0.3 is 38.2 Å². The Morgan fingerprint density at radius 1 is 1.25 bits per heavy atom. The van der Waals surface area contributed by atoms with E-state index in [2.05, 4.69) is 12.6 Å². The van der Waals surface area contributed by atoms with Gasteiger partial charge in [0.1, 0.15) is 6.04 Å². The molecule has 0 aromatic heterocycles. The van der Waals surface area contributed by atoms with Crippen LogP contribution in [0.15, 0.2) is 0 Å². The van der Waals surface area contributed by atoms with Crippen LogP contribution in [0.3, 0.4) is 0 Å². The van der Waals surface area contributed by atoms with Crippen LogP contribution >= 0.6 is 12.6 Å². The summed E-state index contributed by atoms with van der Waals surface area (Å²) in [6.45, 7) is 0. The van der Waals surface area contributed by atoms with Gasteiger partial charge in [0.15, 0.2) is 0 Å². The van der Waals surface area contributed by atoms with E-state index in [-0.39, 0.29) is 33.1 Å². The molecule has 8 nitrogen and oxygen atoms in total. The zero-order valence-corrected chi connectivity index (χ0v) is 7.06. The zero-order valence-electron chi connectivity index (χ0n) is 6.16. The van der Waals surface area contributed by atoms with E-state index >= 15 is 0 Å². The molecule has 0 aliphatic heterocycles. The highest BCUT2D eigenvalue weighted by atomic mass is 32.1. The Morgan fingerprint density at radius 2 is 1.50 bits per heavy atom. The van der Waals surface area contributed by atoms with Crippen molar-refractivity contribution in [3.63, 3.8) is 0 Å². The minimum atomic E-state index is -1.00. The summed E-state index contributed by atoms with van der Waals surface area (Å²) in [7, 11) is 0. The van der Waals surface area contributed by atoms with E-state index in [0.29, 0.717) is 0 Å². The summed E-state index contributed by atoms with van der Waals surface area (Å²) in [5.74, 6) is -0.815. The number of aliphatic carboxylic acids is 1. The fourth-order valence-electron chi connectivity index (χ4n) is 0.0781. The van der Waals surface area contributed by atoms with Crippen LogP contribution in [0.4, 0.5) is 0 Å². The normalized spacial score (nSPS) is 7.83. The van der Waals surface area contributed by atoms with Gasteiger partial charge in [-0.3, -0.25) is 4.79 Å². The molecule has 0 unspecified atom stereocenters. The van der Waals surface area contributed by atoms with E-state index in [0.717, 1.165) is 0 Å². The van der Waals surface area contributed by atoms with Crippen LogP contribution in [0.1, 0.15) is 0 Å². The molecule has 0 heterocycles. The summed E-state index contributed by atoms with van der Waals surface area (Å²) >= 11 is 3.65. The molecule has 0 saturated heterocycles. The van der Waals surface area contributed by atoms with Crippen LogP contribution in [0, 0.1) is 0 Å². The molecule has 0 spiro atoms. The van der Waals surface area contributed by atoms with Crippen LogP contribution < -0.4 is 5.73 Å². The molecule has 0 aromatic rings. The third kappa shape index (κ3) is 22.7. The Bertz CT molecular complexity index is 81.1. The minimum absolute atomic E-state index is 0. The first-order valence-corrected chi connectivity index (χ1v) is 2.41. The van der Waals surface area contributed by atoms with Gasteiger partial charge in [-0.25, -0.2) is 0 Å². The van der Waals surface area contributed by atoms with Crippen molar-refractivity contribution in [3.8, 4) is 0 Å². The van der Waals surface area contributed by atoms with Gasteiger partial charge in [-0.1, -0.05) is 0 Å². The predicted octanol–water partition coefficient (Wildman–Crippen LogP) is -4.80. The molecule has 9 heteroatoms. The second-order valence-corrected chi connectivity index (χ2v) is 1.49. The quantitative estimate of drug-likeness (QED) is 0.382. The highest BCUT2D eigenvalue weighted by molar-refractivity contribution is 7.80. The van der Waals surface area contributed by atoms with Crippen LogP contribution in [0.25, 0.3) is 0 Å². The van der Waals surface area contributed by atoms with Crippen LogP contribution in [-0.2, 0) is 4.79 Å². The lowest BCUT2D eigenvalue weighted by Gasteiger charge is -1.96. The van der Waals surface area contributed by atoms with Crippen LogP contribution in [-0.4, -0.2) is 50.3 Å². The van der Waals surface area contributed by atoms with Crippen LogP contribution in [0.5, 0.6) is 0 Å². The Kier molecular flexibility index (Phi) is 77.8. The largest absolute Gasteiger partial charge is 0.480 e. The van der Waals surface area contributed by atoms with Crippen molar-refractivity contribution in [2.75, 3.05) is 5.75 Å². The number of hydrogen-bond donors (Lipinski definition) is 3. The molecule has 82 valence electrons. The minimum Gasteiger partial charge on any atom is -0.480 e. The van der Waals surface area contributed by atoms with Gasteiger partial charge in [-0.15, -0.1) is 0 Å². The number of carboxylic acids is 1. The summed E-state index contributed by atoms with van der Waals surface area (Å²) < 4.78 is 0. The Hall–Kier alpha value is -0.420. The monoisotopic (exact) mass is 211 g/mol. The highest BCUT2D eigenvalue weighted by Crippen LogP contribution is 1.80. The number of hydrogen-bond acceptors (Lipinski definition) is 3. The number of carboxylic acid groups (broad SMARTS) is 1. The maximum atomic E-state index is 9.76. The van der Waals surface area contributed by atoms with E-state index in [1.165, 1.54) is 0 Å². The average Bonchev–Trinajstić information content (AvgIpc) is 1.65. The first-order chi connectivity index (χ1) is 3.18. The highest BCUT2D eigenvalue weighted by Gasteiger charge is 2.06. The number of nitrogens with two attached hydrogens (primary N) is 1. The first kappa shape index (κ1) is 41.6. The lowest BCUT2D eigenvalue weighted by atomic mass is 10.4. The molecule has 0 rings (SSSR count). The van der Waals surface area contributed by atoms with Gasteiger partial charge in [-0.2, -0.15) is 12.6 Å². The Morgan fingerprint density at radius 3 is 1.50 bits per heavy atom. The Labute approximate surface area is 74.3 Å². The van der Waals surface area contributed by atoms with E-state index in [1.807, 2.05) is 0 Å². The lowest BCUT2D eigenvalue weighted by molar-refractivity contribution is -0.137. The SMILES string of the molecule is N[C@@H](CS)C(=O)O.O.O.O.O.O. The summed E-state index contributed by atoms with van der Waals surface area (Å²) in [6.07, 6.45) is 0. The van der Waals surface area contributed by atoms with Gasteiger partial charge in [0.05, 0.1) is 0 Å². The van der Waals surface area contributed by atoms with Crippen LogP contribution in [0.2, 0.25) is 0 Å². The molecule has 0 bridgehead atoms. The average molecular weight is 211 g/mol. The maximum absolute atomic E-state index is 9.76. The van der Waals surface area contributed by atoms with Crippen molar-refractivity contribution in [1.29, 1.82) is 0 Å². The molecule has 13 N–H and O–H groups in total. The molecule has 0 aliphatic rings. The van der Waals surface area contributed by atoms with E-state index in [9.17, 15) is 4.79 Å². The molecule has 0 amide bonds. The molecule has 0 fully saturated rings. The number of carbonyl (C=O) groups is 1. The van der Waals surface area contributed by atoms with E-state index in [1.54, 1.807) is 0 Å². The van der Waals surface area contributed by atoms with E-state index < -0.39 is 12.0 Å². The predicted molar refractivity (Wildman–Crippen MR) is 47.5 cm³/mol. The number of thiol groups is 1. The van der Waals surface area contributed by atoms with Crippen molar-refractivity contribution in [1.82, 2.24) is 0 Å². The van der Waals surface area contributed by atoms with Gasteiger partial charge in [0, 0.05) is 5.75 Å². The van der Waals surface area contributed by atoms with Crippen molar-refractivity contribution in [2.24, 2.45) is 5.73 Å². The third-order valence-corrected chi connectivity index (χ3v) is 0.907. The molecule has 0 saturated carbocycles. The standard InChI is InChI=1S/C3H7NO2S.5H2O/c4-2(1-7)3(5)6;;;;;/h2,7H,1,4H2,(H,5,6);5*1H2/t2-;;;;;/m0...../s1. The second-order valence-electron chi connectivity index (χ2n) is 1.13. The van der Waals surface area contributed by atoms with Gasteiger partial charge in [0.2, 0.25) is 0 Å². The molecule has 0 radical (unpaired) electrons. The summed E-state index contributed by atoms with van der Waals surface area (Å²) in [4.78, 5) is 9.76. The summed E-state index contributed by atoms with van der Waals surface area (Å²) in [5.41, 5.74) is 4.94. The van der Waals surface area contributed by atoms with E-state index in [4.69, 9.17) is 10.8 Å². The molecule has 12 heavy (non-hydrogen) atoms. The summed E-state index contributed by atoms with van der Waals surface area (Å²) in [5, 5.41) is 8.01. The topological polar surface area (TPSA) is 221 Å². The third-order valence-electron chi connectivity index (χ3n) is 0.514. The van der Waals surface area contributed by atoms with Crippen molar-refractivity contribution in [3.05, 3.63) is 0 Å². The molecular formula is C3H17NO7S. The fraction of sp³-hybridized carbons (Fsp3) is 0.667. The Balaban J connectivity index is -0.0000000180. The summed E-state index contributed by atoms with van der Waals surface area (Å²) in [6, 6.07) is -0.816.